The largest absolute Gasteiger partial charge is 0.504 e. The van der Waals surface area contributed by atoms with Crippen molar-refractivity contribution in [2.45, 2.75) is 19.4 Å². The van der Waals surface area contributed by atoms with Gasteiger partial charge in [-0.05, 0) is 18.1 Å². The fourth-order valence-electron chi connectivity index (χ4n) is 1.53. The van der Waals surface area contributed by atoms with Gasteiger partial charge < -0.3 is 20.7 Å². The molecule has 4 N–H and O–H groups in total. The Morgan fingerprint density at radius 3 is 2.62 bits per heavy atom. The van der Waals surface area contributed by atoms with E-state index in [9.17, 15) is 10.2 Å². The maximum atomic E-state index is 9.87. The molecule has 0 spiro atoms. The number of hydrogen-bond donors (Lipinski definition) is 3. The van der Waals surface area contributed by atoms with Crippen LogP contribution in [0.2, 0.25) is 5.02 Å². The average Bonchev–Trinajstić information content (AvgIpc) is 2.29. The molecule has 0 radical (unpaired) electrons. The van der Waals surface area contributed by atoms with E-state index in [-0.39, 0.29) is 17.9 Å². The van der Waals surface area contributed by atoms with Gasteiger partial charge in [-0.15, -0.1) is 0 Å². The number of rotatable bonds is 4. The maximum absolute atomic E-state index is 9.87. The van der Waals surface area contributed by atoms with Crippen molar-refractivity contribution in [2.75, 3.05) is 13.7 Å². The van der Waals surface area contributed by atoms with Gasteiger partial charge in [-0.3, -0.25) is 0 Å². The van der Waals surface area contributed by atoms with Crippen LogP contribution in [-0.4, -0.2) is 23.9 Å². The zero-order chi connectivity index (χ0) is 12.3. The molecule has 0 fully saturated rings. The third kappa shape index (κ3) is 2.24. The normalized spacial score (nSPS) is 12.6. The van der Waals surface area contributed by atoms with Crippen LogP contribution < -0.4 is 10.5 Å². The topological polar surface area (TPSA) is 75.7 Å². The van der Waals surface area contributed by atoms with Crippen LogP contribution >= 0.6 is 11.6 Å². The molecule has 0 heterocycles. The Morgan fingerprint density at radius 2 is 2.19 bits per heavy atom. The van der Waals surface area contributed by atoms with Crippen molar-refractivity contribution in [2.24, 2.45) is 5.73 Å². The first-order valence-corrected chi connectivity index (χ1v) is 5.40. The molecule has 90 valence electrons. The molecule has 5 heteroatoms. The number of halogens is 1. The van der Waals surface area contributed by atoms with Crippen molar-refractivity contribution in [1.29, 1.82) is 0 Å². The first-order chi connectivity index (χ1) is 7.56. The zero-order valence-electron chi connectivity index (χ0n) is 9.33. The number of phenolic OH excluding ortho intramolecular Hbond substituents is 1. The lowest BCUT2D eigenvalue weighted by Gasteiger charge is -2.17. The highest BCUT2D eigenvalue weighted by Crippen LogP contribution is 2.41. The molecule has 1 atom stereocenters. The van der Waals surface area contributed by atoms with E-state index in [1.807, 2.05) is 6.92 Å². The summed E-state index contributed by atoms with van der Waals surface area (Å²) in [4.78, 5) is 0. The number of benzene rings is 1. The minimum absolute atomic E-state index is 0.0103. The molecule has 0 aromatic heterocycles. The first kappa shape index (κ1) is 13.1. The summed E-state index contributed by atoms with van der Waals surface area (Å²) in [5.41, 5.74) is 6.41. The SMILES string of the molecule is CCc1cc(OC)c(O)c(C(O)CN)c1Cl. The predicted octanol–water partition coefficient (Wildman–Crippen LogP) is 1.61. The van der Waals surface area contributed by atoms with Crippen LogP contribution in [0.15, 0.2) is 6.07 Å². The molecule has 0 saturated heterocycles. The Kier molecular flexibility index (Phi) is 4.41. The van der Waals surface area contributed by atoms with Gasteiger partial charge in [0.2, 0.25) is 0 Å². The highest BCUT2D eigenvalue weighted by Gasteiger charge is 2.21. The van der Waals surface area contributed by atoms with Gasteiger partial charge in [-0.2, -0.15) is 0 Å². The van der Waals surface area contributed by atoms with E-state index in [0.29, 0.717) is 17.2 Å². The fourth-order valence-corrected chi connectivity index (χ4v) is 1.94. The monoisotopic (exact) mass is 245 g/mol. The van der Waals surface area contributed by atoms with Gasteiger partial charge in [0.25, 0.3) is 0 Å². The first-order valence-electron chi connectivity index (χ1n) is 5.03. The van der Waals surface area contributed by atoms with Crippen LogP contribution in [0.25, 0.3) is 0 Å². The Hall–Kier alpha value is -0.970. The van der Waals surface area contributed by atoms with E-state index in [0.717, 1.165) is 5.56 Å². The van der Waals surface area contributed by atoms with Crippen molar-refractivity contribution in [3.8, 4) is 11.5 Å². The Bertz CT molecular complexity index is 354. The smallest absolute Gasteiger partial charge is 0.165 e. The maximum Gasteiger partial charge on any atom is 0.165 e. The molecular formula is C11H16ClNO3. The van der Waals surface area contributed by atoms with E-state index in [1.54, 1.807) is 6.07 Å². The molecule has 0 bridgehead atoms. The van der Waals surface area contributed by atoms with E-state index in [2.05, 4.69) is 0 Å². The number of aliphatic hydroxyl groups is 1. The molecule has 0 amide bonds. The Balaban J connectivity index is 3.43. The molecule has 1 aromatic carbocycles. The van der Waals surface area contributed by atoms with E-state index < -0.39 is 6.10 Å². The van der Waals surface area contributed by atoms with Crippen LogP contribution in [0.3, 0.4) is 0 Å². The summed E-state index contributed by atoms with van der Waals surface area (Å²) in [5.74, 6) is 0.145. The van der Waals surface area contributed by atoms with Crippen molar-refractivity contribution >= 4 is 11.6 Å². The quantitative estimate of drug-likeness (QED) is 0.753. The van der Waals surface area contributed by atoms with Gasteiger partial charge in [-0.25, -0.2) is 0 Å². The van der Waals surface area contributed by atoms with E-state index >= 15 is 0 Å². The second-order valence-electron chi connectivity index (χ2n) is 3.42. The molecule has 0 aliphatic carbocycles. The van der Waals surface area contributed by atoms with Crippen molar-refractivity contribution in [3.63, 3.8) is 0 Å². The highest BCUT2D eigenvalue weighted by molar-refractivity contribution is 6.32. The zero-order valence-corrected chi connectivity index (χ0v) is 10.1. The number of aromatic hydroxyl groups is 1. The summed E-state index contributed by atoms with van der Waals surface area (Å²) in [5, 5.41) is 19.9. The highest BCUT2D eigenvalue weighted by atomic mass is 35.5. The lowest BCUT2D eigenvalue weighted by atomic mass is 10.0. The standard InChI is InChI=1S/C11H16ClNO3/c1-3-6-4-8(16-2)11(15)9(10(6)12)7(14)5-13/h4,7,14-15H,3,5,13H2,1-2H3. The van der Waals surface area contributed by atoms with E-state index in [4.69, 9.17) is 22.1 Å². The number of nitrogens with two attached hydrogens (primary N) is 1. The lowest BCUT2D eigenvalue weighted by Crippen LogP contribution is -2.13. The van der Waals surface area contributed by atoms with Crippen LogP contribution in [0.4, 0.5) is 0 Å². The fraction of sp³-hybridized carbons (Fsp3) is 0.455. The number of aryl methyl sites for hydroxylation is 1. The van der Waals surface area contributed by atoms with Gasteiger partial charge in [0.1, 0.15) is 0 Å². The van der Waals surface area contributed by atoms with Gasteiger partial charge in [-0.1, -0.05) is 18.5 Å². The van der Waals surface area contributed by atoms with Crippen LogP contribution in [-0.2, 0) is 6.42 Å². The molecule has 0 aliphatic heterocycles. The van der Waals surface area contributed by atoms with Crippen molar-refractivity contribution in [1.82, 2.24) is 0 Å². The van der Waals surface area contributed by atoms with Crippen LogP contribution in [0, 0.1) is 0 Å². The van der Waals surface area contributed by atoms with Gasteiger partial charge >= 0.3 is 0 Å². The lowest BCUT2D eigenvalue weighted by molar-refractivity contribution is 0.181. The van der Waals surface area contributed by atoms with Gasteiger partial charge in [0.15, 0.2) is 11.5 Å². The number of ether oxygens (including phenoxy) is 1. The van der Waals surface area contributed by atoms with Crippen LogP contribution in [0.1, 0.15) is 24.2 Å². The minimum atomic E-state index is -0.993. The number of hydrogen-bond acceptors (Lipinski definition) is 4. The van der Waals surface area contributed by atoms with Gasteiger partial charge in [0, 0.05) is 12.1 Å². The summed E-state index contributed by atoms with van der Waals surface area (Å²) >= 11 is 6.09. The Morgan fingerprint density at radius 1 is 1.56 bits per heavy atom. The number of aliphatic hydroxyl groups excluding tert-OH is 1. The molecule has 1 aromatic rings. The molecule has 16 heavy (non-hydrogen) atoms. The summed E-state index contributed by atoms with van der Waals surface area (Å²) < 4.78 is 5.02. The predicted molar refractivity (Wildman–Crippen MR) is 63.1 cm³/mol. The van der Waals surface area contributed by atoms with E-state index in [1.165, 1.54) is 7.11 Å². The molecule has 0 aliphatic rings. The van der Waals surface area contributed by atoms with Crippen molar-refractivity contribution in [3.05, 3.63) is 22.2 Å². The third-order valence-corrected chi connectivity index (χ3v) is 2.92. The summed E-state index contributed by atoms with van der Waals surface area (Å²) in [6.45, 7) is 1.92. The number of phenols is 1. The number of methoxy groups -OCH3 is 1. The minimum Gasteiger partial charge on any atom is -0.504 e. The summed E-state index contributed by atoms with van der Waals surface area (Å²) in [6.07, 6.45) is -0.312. The van der Waals surface area contributed by atoms with Gasteiger partial charge in [0.05, 0.1) is 18.2 Å². The van der Waals surface area contributed by atoms with Crippen LogP contribution in [0.5, 0.6) is 11.5 Å². The average molecular weight is 246 g/mol. The molecule has 1 rings (SSSR count). The molecule has 4 nitrogen and oxygen atoms in total. The second-order valence-corrected chi connectivity index (χ2v) is 3.80. The van der Waals surface area contributed by atoms with Crippen molar-refractivity contribution < 1.29 is 14.9 Å². The third-order valence-electron chi connectivity index (χ3n) is 2.47. The summed E-state index contributed by atoms with van der Waals surface area (Å²) in [7, 11) is 1.45. The molecular weight excluding hydrogens is 230 g/mol. The molecule has 0 saturated carbocycles. The summed E-state index contributed by atoms with van der Waals surface area (Å²) in [6, 6.07) is 1.66. The second kappa shape index (κ2) is 5.39. The Labute approximate surface area is 99.6 Å². The molecule has 1 unspecified atom stereocenters.